The highest BCUT2D eigenvalue weighted by Crippen LogP contribution is 2.25. The van der Waals surface area contributed by atoms with Gasteiger partial charge < -0.3 is 10.1 Å². The van der Waals surface area contributed by atoms with Gasteiger partial charge in [-0.15, -0.1) is 0 Å². The predicted molar refractivity (Wildman–Crippen MR) is 67.5 cm³/mol. The van der Waals surface area contributed by atoms with Gasteiger partial charge in [-0.2, -0.15) is 0 Å². The first-order valence-electron chi connectivity index (χ1n) is 5.76. The van der Waals surface area contributed by atoms with E-state index < -0.39 is 17.7 Å². The molecule has 0 fully saturated rings. The summed E-state index contributed by atoms with van der Waals surface area (Å²) in [7, 11) is 0. The van der Waals surface area contributed by atoms with E-state index in [2.05, 4.69) is 17.2 Å². The highest BCUT2D eigenvalue weighted by molar-refractivity contribution is 6.52. The Morgan fingerprint density at radius 3 is 2.89 bits per heavy atom. The Hall–Kier alpha value is -2.61. The number of hydrogen-bond acceptors (Lipinski definition) is 4. The van der Waals surface area contributed by atoms with Gasteiger partial charge in [0.2, 0.25) is 0 Å². The molecule has 1 N–H and O–H groups in total. The number of hydrogen-bond donors (Lipinski definition) is 1. The minimum atomic E-state index is -0.658. The smallest absolute Gasteiger partial charge is 0.317 e. The van der Waals surface area contributed by atoms with Gasteiger partial charge in [0.1, 0.15) is 6.42 Å². The zero-order chi connectivity index (χ0) is 13.8. The standard InChI is InChI=1S/C14H11NO4/c1-2-19-11(16)8-4-6-9-5-3-7-10-12(9)13(17)14(18)15-10/h3,5,7H,2,8H2,1H3,(H,15,17,18). The van der Waals surface area contributed by atoms with Crippen LogP contribution >= 0.6 is 0 Å². The number of carbonyl (C=O) groups is 3. The third kappa shape index (κ3) is 2.63. The molecule has 96 valence electrons. The molecule has 1 heterocycles. The van der Waals surface area contributed by atoms with Crippen LogP contribution in [0.5, 0.6) is 0 Å². The number of amides is 1. The van der Waals surface area contributed by atoms with Crippen LogP contribution in [-0.2, 0) is 14.3 Å². The van der Waals surface area contributed by atoms with Gasteiger partial charge in [-0.3, -0.25) is 14.4 Å². The lowest BCUT2D eigenvalue weighted by molar-refractivity contribution is -0.141. The molecule has 1 aromatic carbocycles. The maximum atomic E-state index is 11.6. The molecular weight excluding hydrogens is 246 g/mol. The summed E-state index contributed by atoms with van der Waals surface area (Å²) >= 11 is 0. The van der Waals surface area contributed by atoms with Crippen molar-refractivity contribution in [2.24, 2.45) is 0 Å². The van der Waals surface area contributed by atoms with E-state index in [4.69, 9.17) is 4.74 Å². The van der Waals surface area contributed by atoms with Crippen molar-refractivity contribution in [1.82, 2.24) is 0 Å². The van der Waals surface area contributed by atoms with Gasteiger partial charge in [0, 0.05) is 5.56 Å². The molecule has 0 unspecified atom stereocenters. The summed E-state index contributed by atoms with van der Waals surface area (Å²) < 4.78 is 4.74. The lowest BCUT2D eigenvalue weighted by Gasteiger charge is -1.98. The van der Waals surface area contributed by atoms with E-state index in [9.17, 15) is 14.4 Å². The first-order valence-corrected chi connectivity index (χ1v) is 5.76. The van der Waals surface area contributed by atoms with E-state index in [0.717, 1.165) is 0 Å². The highest BCUT2D eigenvalue weighted by Gasteiger charge is 2.29. The monoisotopic (exact) mass is 257 g/mol. The number of ether oxygens (including phenoxy) is 1. The fraction of sp³-hybridized carbons (Fsp3) is 0.214. The summed E-state index contributed by atoms with van der Waals surface area (Å²) in [6, 6.07) is 4.95. The molecule has 0 bridgehead atoms. The molecule has 0 radical (unpaired) electrons. The molecule has 5 nitrogen and oxygen atoms in total. The molecule has 1 aliphatic heterocycles. The summed E-state index contributed by atoms with van der Waals surface area (Å²) in [6.07, 6.45) is -0.0485. The Bertz CT molecular complexity index is 622. The Balaban J connectivity index is 2.22. The van der Waals surface area contributed by atoms with Crippen LogP contribution in [0.25, 0.3) is 0 Å². The molecule has 1 aromatic rings. The zero-order valence-electron chi connectivity index (χ0n) is 10.3. The topological polar surface area (TPSA) is 72.5 Å². The molecule has 0 aromatic heterocycles. The van der Waals surface area contributed by atoms with Crippen molar-refractivity contribution in [3.8, 4) is 11.8 Å². The number of esters is 1. The van der Waals surface area contributed by atoms with Crippen LogP contribution in [0.4, 0.5) is 5.69 Å². The average Bonchev–Trinajstić information content (AvgIpc) is 2.66. The minimum Gasteiger partial charge on any atom is -0.465 e. The van der Waals surface area contributed by atoms with Crippen molar-refractivity contribution < 1.29 is 19.1 Å². The lowest BCUT2D eigenvalue weighted by atomic mass is 10.0. The summed E-state index contributed by atoms with van der Waals surface area (Å²) in [6.45, 7) is 2.02. The lowest BCUT2D eigenvalue weighted by Crippen LogP contribution is -2.12. The van der Waals surface area contributed by atoms with Crippen molar-refractivity contribution in [3.63, 3.8) is 0 Å². The van der Waals surface area contributed by atoms with E-state index in [1.54, 1.807) is 25.1 Å². The number of ketones is 1. The molecule has 0 aliphatic carbocycles. The SMILES string of the molecule is CCOC(=O)CC#Cc1cccc2c1C(=O)C(=O)N2. The van der Waals surface area contributed by atoms with E-state index in [1.165, 1.54) is 0 Å². The minimum absolute atomic E-state index is 0.0485. The summed E-state index contributed by atoms with van der Waals surface area (Å²) in [5.74, 6) is 3.68. The van der Waals surface area contributed by atoms with Gasteiger partial charge in [0.15, 0.2) is 0 Å². The molecule has 5 heteroatoms. The Kier molecular flexibility index (Phi) is 3.62. The van der Waals surface area contributed by atoms with Crippen LogP contribution in [0.3, 0.4) is 0 Å². The number of carbonyl (C=O) groups excluding carboxylic acids is 3. The number of benzene rings is 1. The number of fused-ring (bicyclic) bond motifs is 1. The van der Waals surface area contributed by atoms with Gasteiger partial charge in [0.25, 0.3) is 11.7 Å². The van der Waals surface area contributed by atoms with Gasteiger partial charge in [0.05, 0.1) is 17.9 Å². The second-order valence-corrected chi connectivity index (χ2v) is 3.79. The number of rotatable bonds is 2. The van der Waals surface area contributed by atoms with Crippen LogP contribution in [0.2, 0.25) is 0 Å². The van der Waals surface area contributed by atoms with Crippen LogP contribution in [-0.4, -0.2) is 24.3 Å². The summed E-state index contributed by atoms with van der Waals surface area (Å²) in [5.41, 5.74) is 1.16. The van der Waals surface area contributed by atoms with Crippen LogP contribution in [0, 0.1) is 11.8 Å². The fourth-order valence-corrected chi connectivity index (χ4v) is 1.72. The summed E-state index contributed by atoms with van der Waals surface area (Å²) in [4.78, 5) is 34.0. The maximum absolute atomic E-state index is 11.6. The third-order valence-electron chi connectivity index (χ3n) is 2.51. The molecule has 0 saturated heterocycles. The van der Waals surface area contributed by atoms with Crippen molar-refractivity contribution in [3.05, 3.63) is 29.3 Å². The molecule has 0 spiro atoms. The summed E-state index contributed by atoms with van der Waals surface area (Å²) in [5, 5.41) is 2.46. The van der Waals surface area contributed by atoms with Crippen molar-refractivity contribution in [2.75, 3.05) is 11.9 Å². The number of nitrogens with one attached hydrogen (secondary N) is 1. The molecule has 19 heavy (non-hydrogen) atoms. The fourth-order valence-electron chi connectivity index (χ4n) is 1.72. The molecule has 2 rings (SSSR count). The zero-order valence-corrected chi connectivity index (χ0v) is 10.3. The Labute approximate surface area is 109 Å². The van der Waals surface area contributed by atoms with Crippen molar-refractivity contribution in [2.45, 2.75) is 13.3 Å². The van der Waals surface area contributed by atoms with E-state index >= 15 is 0 Å². The van der Waals surface area contributed by atoms with Crippen molar-refractivity contribution in [1.29, 1.82) is 0 Å². The second-order valence-electron chi connectivity index (χ2n) is 3.79. The highest BCUT2D eigenvalue weighted by atomic mass is 16.5. The Morgan fingerprint density at radius 2 is 2.16 bits per heavy atom. The third-order valence-corrected chi connectivity index (χ3v) is 2.51. The largest absolute Gasteiger partial charge is 0.465 e. The second kappa shape index (κ2) is 5.36. The van der Waals surface area contributed by atoms with Gasteiger partial charge in [-0.25, -0.2) is 0 Å². The Morgan fingerprint density at radius 1 is 1.37 bits per heavy atom. The van der Waals surface area contributed by atoms with E-state index in [1.807, 2.05) is 0 Å². The van der Waals surface area contributed by atoms with Gasteiger partial charge >= 0.3 is 5.97 Å². The molecule has 0 saturated carbocycles. The van der Waals surface area contributed by atoms with Crippen LogP contribution < -0.4 is 5.32 Å². The van der Waals surface area contributed by atoms with Crippen molar-refractivity contribution >= 4 is 23.3 Å². The average molecular weight is 257 g/mol. The predicted octanol–water partition coefficient (Wildman–Crippen LogP) is 1.13. The van der Waals surface area contributed by atoms with Crippen LogP contribution in [0.15, 0.2) is 18.2 Å². The quantitative estimate of drug-likeness (QED) is 0.489. The number of anilines is 1. The molecular formula is C14H11NO4. The molecule has 0 atom stereocenters. The van der Waals surface area contributed by atoms with E-state index in [-0.39, 0.29) is 12.0 Å². The molecule has 1 aliphatic rings. The first kappa shape index (κ1) is 12.8. The molecule has 1 amide bonds. The van der Waals surface area contributed by atoms with Gasteiger partial charge in [-0.1, -0.05) is 17.9 Å². The van der Waals surface area contributed by atoms with E-state index in [0.29, 0.717) is 17.9 Å². The number of Topliss-reactive ketones (excluding diaryl/α,β-unsaturated/α-hetero) is 1. The maximum Gasteiger partial charge on any atom is 0.317 e. The van der Waals surface area contributed by atoms with Crippen LogP contribution in [0.1, 0.15) is 29.3 Å². The van der Waals surface area contributed by atoms with Gasteiger partial charge in [-0.05, 0) is 19.1 Å². The first-order chi connectivity index (χ1) is 9.13. The normalized spacial score (nSPS) is 12.3.